The van der Waals surface area contributed by atoms with Gasteiger partial charge in [-0.25, -0.2) is 4.98 Å². The first-order valence-corrected chi connectivity index (χ1v) is 11.2. The average molecular weight is 468 g/mol. The molecule has 3 aromatic rings. The van der Waals surface area contributed by atoms with Crippen molar-refractivity contribution in [3.05, 3.63) is 58.1 Å². The lowest BCUT2D eigenvalue weighted by molar-refractivity contribution is -0.117. The average Bonchev–Trinajstić information content (AvgIpc) is 3.39. The van der Waals surface area contributed by atoms with Crippen LogP contribution in [-0.4, -0.2) is 38.1 Å². The maximum absolute atomic E-state index is 13.0. The van der Waals surface area contributed by atoms with Crippen molar-refractivity contribution >= 4 is 34.0 Å². The standard InChI is InChI=1S/C24H25N3O5S/c1-13-5-7-19(32-4)18(9-13)25-23(29)17-6-8-20-21(17)26-24(33-20)27-22(28)14-10-15(30-2)12-16(11-14)31-3/h5,7,9-12,17H,6,8H2,1-4H3,(H,25,29)(H,26,27,28). The van der Waals surface area contributed by atoms with E-state index in [9.17, 15) is 9.59 Å². The van der Waals surface area contributed by atoms with Crippen molar-refractivity contribution in [1.29, 1.82) is 0 Å². The summed E-state index contributed by atoms with van der Waals surface area (Å²) >= 11 is 1.39. The summed E-state index contributed by atoms with van der Waals surface area (Å²) in [7, 11) is 4.63. The first-order valence-electron chi connectivity index (χ1n) is 10.4. The molecule has 0 saturated carbocycles. The number of amides is 2. The fourth-order valence-electron chi connectivity index (χ4n) is 3.78. The number of ether oxygens (including phenoxy) is 3. The molecule has 2 N–H and O–H groups in total. The Balaban J connectivity index is 1.50. The lowest BCUT2D eigenvalue weighted by Crippen LogP contribution is -2.20. The van der Waals surface area contributed by atoms with Crippen LogP contribution in [0.4, 0.5) is 10.8 Å². The van der Waals surface area contributed by atoms with Crippen molar-refractivity contribution in [3.63, 3.8) is 0 Å². The Morgan fingerprint density at radius 1 is 1.00 bits per heavy atom. The molecular formula is C24H25N3O5S. The van der Waals surface area contributed by atoms with E-state index in [1.54, 1.807) is 25.3 Å². The van der Waals surface area contributed by atoms with E-state index in [-0.39, 0.29) is 17.7 Å². The molecule has 0 radical (unpaired) electrons. The summed E-state index contributed by atoms with van der Waals surface area (Å²) in [6.45, 7) is 1.95. The third kappa shape index (κ3) is 4.78. The molecular weight excluding hydrogens is 442 g/mol. The van der Waals surface area contributed by atoms with Crippen LogP contribution in [-0.2, 0) is 11.2 Å². The molecule has 1 heterocycles. The highest BCUT2D eigenvalue weighted by molar-refractivity contribution is 7.16. The largest absolute Gasteiger partial charge is 0.497 e. The fourth-order valence-corrected chi connectivity index (χ4v) is 4.82. The molecule has 1 atom stereocenters. The van der Waals surface area contributed by atoms with Gasteiger partial charge in [-0.05, 0) is 49.6 Å². The van der Waals surface area contributed by atoms with Gasteiger partial charge in [0.1, 0.15) is 17.2 Å². The van der Waals surface area contributed by atoms with Crippen LogP contribution in [0.1, 0.15) is 38.8 Å². The molecule has 0 spiro atoms. The van der Waals surface area contributed by atoms with E-state index in [0.29, 0.717) is 45.7 Å². The predicted molar refractivity (Wildman–Crippen MR) is 127 cm³/mol. The van der Waals surface area contributed by atoms with Gasteiger partial charge in [0.05, 0.1) is 38.6 Å². The van der Waals surface area contributed by atoms with Gasteiger partial charge in [-0.2, -0.15) is 0 Å². The second-order valence-corrected chi connectivity index (χ2v) is 8.75. The number of thiazole rings is 1. The number of fused-ring (bicyclic) bond motifs is 1. The third-order valence-corrected chi connectivity index (χ3v) is 6.53. The maximum atomic E-state index is 13.0. The van der Waals surface area contributed by atoms with Crippen LogP contribution in [0.5, 0.6) is 17.2 Å². The summed E-state index contributed by atoms with van der Waals surface area (Å²) in [6, 6.07) is 10.6. The first kappa shape index (κ1) is 22.6. The van der Waals surface area contributed by atoms with Gasteiger partial charge >= 0.3 is 0 Å². The summed E-state index contributed by atoms with van der Waals surface area (Å²) in [5.74, 6) is 0.786. The molecule has 0 saturated heterocycles. The molecule has 9 heteroatoms. The number of carbonyl (C=O) groups is 2. The van der Waals surface area contributed by atoms with E-state index in [1.165, 1.54) is 25.6 Å². The van der Waals surface area contributed by atoms with E-state index in [1.807, 2.05) is 25.1 Å². The van der Waals surface area contributed by atoms with Crippen molar-refractivity contribution < 1.29 is 23.8 Å². The second-order valence-electron chi connectivity index (χ2n) is 7.67. The van der Waals surface area contributed by atoms with Crippen LogP contribution in [0.15, 0.2) is 36.4 Å². The Kier molecular flexibility index (Phi) is 6.50. The fraction of sp³-hybridized carbons (Fsp3) is 0.292. The quantitative estimate of drug-likeness (QED) is 0.535. The number of aryl methyl sites for hydroxylation is 2. The number of nitrogens with one attached hydrogen (secondary N) is 2. The molecule has 0 fully saturated rings. The molecule has 0 bridgehead atoms. The number of aromatic nitrogens is 1. The van der Waals surface area contributed by atoms with Crippen LogP contribution in [0, 0.1) is 6.92 Å². The van der Waals surface area contributed by atoms with Gasteiger partial charge in [0.25, 0.3) is 5.91 Å². The van der Waals surface area contributed by atoms with E-state index in [4.69, 9.17) is 14.2 Å². The molecule has 2 aromatic carbocycles. The van der Waals surface area contributed by atoms with Gasteiger partial charge in [-0.1, -0.05) is 6.07 Å². The monoisotopic (exact) mass is 467 g/mol. The van der Waals surface area contributed by atoms with E-state index >= 15 is 0 Å². The highest BCUT2D eigenvalue weighted by Gasteiger charge is 2.33. The Morgan fingerprint density at radius 3 is 2.39 bits per heavy atom. The number of carbonyl (C=O) groups excluding carboxylic acids is 2. The molecule has 2 amide bonds. The van der Waals surface area contributed by atoms with Gasteiger partial charge in [-0.3, -0.25) is 14.9 Å². The molecule has 4 rings (SSSR count). The van der Waals surface area contributed by atoms with Crippen LogP contribution < -0.4 is 24.8 Å². The van der Waals surface area contributed by atoms with Crippen molar-refractivity contribution in [2.45, 2.75) is 25.7 Å². The molecule has 1 aliphatic carbocycles. The predicted octanol–water partition coefficient (Wildman–Crippen LogP) is 4.40. The van der Waals surface area contributed by atoms with Gasteiger partial charge in [0, 0.05) is 16.5 Å². The molecule has 1 aromatic heterocycles. The number of benzene rings is 2. The Labute approximate surface area is 195 Å². The van der Waals surface area contributed by atoms with E-state index in [2.05, 4.69) is 15.6 Å². The lowest BCUT2D eigenvalue weighted by atomic mass is 10.1. The van der Waals surface area contributed by atoms with Gasteiger partial charge in [-0.15, -0.1) is 11.3 Å². The van der Waals surface area contributed by atoms with Crippen LogP contribution in [0.3, 0.4) is 0 Å². The Hall–Kier alpha value is -3.59. The van der Waals surface area contributed by atoms with Crippen LogP contribution in [0.2, 0.25) is 0 Å². The van der Waals surface area contributed by atoms with Crippen molar-refractivity contribution in [3.8, 4) is 17.2 Å². The van der Waals surface area contributed by atoms with Crippen molar-refractivity contribution in [2.24, 2.45) is 0 Å². The summed E-state index contributed by atoms with van der Waals surface area (Å²) in [4.78, 5) is 31.4. The Morgan fingerprint density at radius 2 is 1.73 bits per heavy atom. The molecule has 8 nitrogen and oxygen atoms in total. The summed E-state index contributed by atoms with van der Waals surface area (Å²) in [5.41, 5.74) is 2.75. The van der Waals surface area contributed by atoms with Gasteiger partial charge < -0.3 is 19.5 Å². The maximum Gasteiger partial charge on any atom is 0.257 e. The summed E-state index contributed by atoms with van der Waals surface area (Å²) in [6.07, 6.45) is 1.41. The smallest absolute Gasteiger partial charge is 0.257 e. The number of hydrogen-bond acceptors (Lipinski definition) is 7. The Bertz CT molecular complexity index is 1180. The number of hydrogen-bond donors (Lipinski definition) is 2. The van der Waals surface area contributed by atoms with Crippen molar-refractivity contribution in [1.82, 2.24) is 4.98 Å². The molecule has 33 heavy (non-hydrogen) atoms. The zero-order valence-corrected chi connectivity index (χ0v) is 19.7. The SMILES string of the molecule is COc1cc(OC)cc(C(=O)Nc2nc3c(s2)CCC3C(=O)Nc2cc(C)ccc2OC)c1. The van der Waals surface area contributed by atoms with E-state index < -0.39 is 0 Å². The number of rotatable bonds is 7. The number of anilines is 2. The minimum Gasteiger partial charge on any atom is -0.497 e. The first-order chi connectivity index (χ1) is 15.9. The molecule has 1 unspecified atom stereocenters. The molecule has 0 aliphatic heterocycles. The summed E-state index contributed by atoms with van der Waals surface area (Å²) < 4.78 is 15.8. The normalized spacial score (nSPS) is 14.4. The van der Waals surface area contributed by atoms with Crippen LogP contribution >= 0.6 is 11.3 Å². The van der Waals surface area contributed by atoms with Gasteiger partial charge in [0.2, 0.25) is 5.91 Å². The zero-order chi connectivity index (χ0) is 23.5. The minimum atomic E-state index is -0.385. The van der Waals surface area contributed by atoms with E-state index in [0.717, 1.165) is 16.9 Å². The topological polar surface area (TPSA) is 98.8 Å². The molecule has 172 valence electrons. The number of nitrogens with zero attached hydrogens (tertiary/aromatic N) is 1. The minimum absolute atomic E-state index is 0.140. The molecule has 1 aliphatic rings. The van der Waals surface area contributed by atoms with Gasteiger partial charge in [0.15, 0.2) is 5.13 Å². The van der Waals surface area contributed by atoms with Crippen molar-refractivity contribution in [2.75, 3.05) is 32.0 Å². The summed E-state index contributed by atoms with van der Waals surface area (Å²) in [5, 5.41) is 6.26. The highest BCUT2D eigenvalue weighted by atomic mass is 32.1. The second kappa shape index (κ2) is 9.50. The van der Waals surface area contributed by atoms with Crippen LogP contribution in [0.25, 0.3) is 0 Å². The lowest BCUT2D eigenvalue weighted by Gasteiger charge is -2.14. The highest BCUT2D eigenvalue weighted by Crippen LogP contribution is 2.39. The number of methoxy groups -OCH3 is 3. The third-order valence-electron chi connectivity index (χ3n) is 5.48. The zero-order valence-electron chi connectivity index (χ0n) is 18.9.